The molecule has 176 valence electrons. The highest BCUT2D eigenvalue weighted by Gasteiger charge is 2.24. The summed E-state index contributed by atoms with van der Waals surface area (Å²) in [4.78, 5) is 24.3. The predicted molar refractivity (Wildman–Crippen MR) is 137 cm³/mol. The Hall–Kier alpha value is -3.16. The second-order valence-electron chi connectivity index (χ2n) is 7.76. The quantitative estimate of drug-likeness (QED) is 0.227. The zero-order valence-corrected chi connectivity index (χ0v) is 20.7. The summed E-state index contributed by atoms with van der Waals surface area (Å²) in [5.74, 6) is 1.10. The largest absolute Gasteiger partial charge is 0.494 e. The molecule has 1 amide bonds. The van der Waals surface area contributed by atoms with Crippen LogP contribution in [0.5, 0.6) is 11.5 Å². The number of methoxy groups -OCH3 is 1. The first-order valence-corrected chi connectivity index (χ1v) is 12.4. The number of halogens is 1. The predicted octanol–water partition coefficient (Wildman–Crippen LogP) is 6.77. The van der Waals surface area contributed by atoms with Crippen molar-refractivity contribution in [2.24, 2.45) is 0 Å². The molecular formula is C26H26ClN3O3S. The third-order valence-corrected chi connectivity index (χ3v) is 6.84. The number of hydrogen-bond donors (Lipinski definition) is 0. The van der Waals surface area contributed by atoms with Crippen molar-refractivity contribution in [2.45, 2.75) is 32.7 Å². The van der Waals surface area contributed by atoms with Gasteiger partial charge in [0.15, 0.2) is 5.13 Å². The Balaban J connectivity index is 1.69. The highest BCUT2D eigenvalue weighted by Crippen LogP contribution is 2.39. The topological polar surface area (TPSA) is 64.5 Å². The summed E-state index contributed by atoms with van der Waals surface area (Å²) >= 11 is 7.80. The van der Waals surface area contributed by atoms with E-state index in [4.69, 9.17) is 26.1 Å². The lowest BCUT2D eigenvalue weighted by atomic mass is 10.1. The van der Waals surface area contributed by atoms with Crippen molar-refractivity contribution in [3.05, 3.63) is 77.1 Å². The van der Waals surface area contributed by atoms with E-state index in [2.05, 4.69) is 11.9 Å². The SMILES string of the molecule is CCCCCOc1cccc(C(=O)N(Cc2cccnc2)c2nc3c(OC)ccc(Cl)c3s2)c1. The molecule has 34 heavy (non-hydrogen) atoms. The summed E-state index contributed by atoms with van der Waals surface area (Å²) in [5, 5.41) is 1.10. The third-order valence-electron chi connectivity index (χ3n) is 5.30. The Bertz CT molecular complexity index is 1260. The van der Waals surface area contributed by atoms with Gasteiger partial charge in [-0.15, -0.1) is 0 Å². The van der Waals surface area contributed by atoms with E-state index in [0.29, 0.717) is 45.9 Å². The van der Waals surface area contributed by atoms with Crippen molar-refractivity contribution in [1.82, 2.24) is 9.97 Å². The Kier molecular flexibility index (Phi) is 7.98. The minimum atomic E-state index is -0.183. The molecule has 2 heterocycles. The van der Waals surface area contributed by atoms with Crippen LogP contribution >= 0.6 is 22.9 Å². The molecule has 0 unspecified atom stereocenters. The van der Waals surface area contributed by atoms with Crippen molar-refractivity contribution in [3.8, 4) is 11.5 Å². The van der Waals surface area contributed by atoms with Gasteiger partial charge in [-0.25, -0.2) is 4.98 Å². The lowest BCUT2D eigenvalue weighted by molar-refractivity contribution is 0.0984. The van der Waals surface area contributed by atoms with Gasteiger partial charge in [0.05, 0.1) is 30.0 Å². The van der Waals surface area contributed by atoms with Gasteiger partial charge in [-0.1, -0.05) is 54.8 Å². The summed E-state index contributed by atoms with van der Waals surface area (Å²) in [6.45, 7) is 3.09. The summed E-state index contributed by atoms with van der Waals surface area (Å²) in [6, 6.07) is 14.6. The maximum Gasteiger partial charge on any atom is 0.260 e. The lowest BCUT2D eigenvalue weighted by Gasteiger charge is -2.20. The van der Waals surface area contributed by atoms with Gasteiger partial charge in [0.25, 0.3) is 5.91 Å². The van der Waals surface area contributed by atoms with Crippen LogP contribution in [0.3, 0.4) is 0 Å². The fraction of sp³-hybridized carbons (Fsp3) is 0.269. The summed E-state index contributed by atoms with van der Waals surface area (Å²) in [7, 11) is 1.59. The first-order chi connectivity index (χ1) is 16.6. The zero-order chi connectivity index (χ0) is 23.9. The van der Waals surface area contributed by atoms with Crippen molar-refractivity contribution in [1.29, 1.82) is 0 Å². The molecule has 0 saturated heterocycles. The minimum Gasteiger partial charge on any atom is -0.494 e. The van der Waals surface area contributed by atoms with E-state index < -0.39 is 0 Å². The number of pyridine rings is 1. The number of unbranched alkanes of at least 4 members (excludes halogenated alkanes) is 2. The van der Waals surface area contributed by atoms with E-state index in [1.165, 1.54) is 11.3 Å². The molecular weight excluding hydrogens is 470 g/mol. The Morgan fingerprint density at radius 3 is 2.79 bits per heavy atom. The number of nitrogens with zero attached hydrogens (tertiary/aromatic N) is 3. The average molecular weight is 496 g/mol. The Morgan fingerprint density at radius 1 is 1.15 bits per heavy atom. The Morgan fingerprint density at radius 2 is 2.03 bits per heavy atom. The fourth-order valence-corrected chi connectivity index (χ4v) is 4.79. The molecule has 2 aromatic heterocycles. The highest BCUT2D eigenvalue weighted by atomic mass is 35.5. The van der Waals surface area contributed by atoms with Crippen LogP contribution in [0.25, 0.3) is 10.2 Å². The smallest absolute Gasteiger partial charge is 0.260 e. The van der Waals surface area contributed by atoms with Crippen LogP contribution in [0.1, 0.15) is 42.1 Å². The van der Waals surface area contributed by atoms with E-state index >= 15 is 0 Å². The number of carbonyl (C=O) groups excluding carboxylic acids is 1. The number of ether oxygens (including phenoxy) is 2. The van der Waals surface area contributed by atoms with Crippen LogP contribution in [0.15, 0.2) is 60.9 Å². The number of benzene rings is 2. The van der Waals surface area contributed by atoms with Gasteiger partial charge in [-0.2, -0.15) is 0 Å². The number of rotatable bonds is 10. The second kappa shape index (κ2) is 11.3. The molecule has 0 spiro atoms. The number of thiazole rings is 1. The van der Waals surface area contributed by atoms with Crippen LogP contribution in [-0.4, -0.2) is 29.6 Å². The maximum atomic E-state index is 13.7. The fourth-order valence-electron chi connectivity index (χ4n) is 3.54. The standard InChI is InChI=1S/C26H26ClN3O3S/c1-3-4-5-14-33-20-10-6-9-19(15-20)25(31)30(17-18-8-7-13-28-16-18)26-29-23-22(32-2)12-11-21(27)24(23)34-26/h6-13,15-16H,3-5,14,17H2,1-2H3. The van der Waals surface area contributed by atoms with Crippen molar-refractivity contribution in [3.63, 3.8) is 0 Å². The third kappa shape index (κ3) is 5.48. The highest BCUT2D eigenvalue weighted by molar-refractivity contribution is 7.23. The molecule has 0 atom stereocenters. The summed E-state index contributed by atoms with van der Waals surface area (Å²) < 4.78 is 12.1. The number of amides is 1. The van der Waals surface area contributed by atoms with E-state index in [9.17, 15) is 4.79 Å². The molecule has 2 aromatic carbocycles. The second-order valence-corrected chi connectivity index (χ2v) is 9.14. The van der Waals surface area contributed by atoms with Gasteiger partial charge in [0.2, 0.25) is 0 Å². The summed E-state index contributed by atoms with van der Waals surface area (Å²) in [6.07, 6.45) is 6.67. The molecule has 0 aliphatic heterocycles. The Labute approximate surface area is 208 Å². The molecule has 0 aliphatic rings. The van der Waals surface area contributed by atoms with Crippen molar-refractivity contribution >= 4 is 44.2 Å². The minimum absolute atomic E-state index is 0.183. The van der Waals surface area contributed by atoms with Crippen molar-refractivity contribution < 1.29 is 14.3 Å². The molecule has 0 N–H and O–H groups in total. The number of anilines is 1. The zero-order valence-electron chi connectivity index (χ0n) is 19.2. The van der Waals surface area contributed by atoms with E-state index in [1.807, 2.05) is 24.3 Å². The average Bonchev–Trinajstić information content (AvgIpc) is 3.32. The van der Waals surface area contributed by atoms with Crippen LogP contribution in [-0.2, 0) is 6.54 Å². The van der Waals surface area contributed by atoms with Crippen molar-refractivity contribution in [2.75, 3.05) is 18.6 Å². The first-order valence-electron chi connectivity index (χ1n) is 11.2. The van der Waals surface area contributed by atoms with Crippen LogP contribution in [0, 0.1) is 0 Å². The van der Waals surface area contributed by atoms with E-state index in [0.717, 1.165) is 29.5 Å². The van der Waals surface area contributed by atoms with Crippen LogP contribution in [0.2, 0.25) is 5.02 Å². The molecule has 4 aromatic rings. The molecule has 0 saturated carbocycles. The lowest BCUT2D eigenvalue weighted by Crippen LogP contribution is -2.30. The summed E-state index contributed by atoms with van der Waals surface area (Å²) in [5.41, 5.74) is 2.04. The normalized spacial score (nSPS) is 10.9. The molecule has 0 bridgehead atoms. The number of carbonyl (C=O) groups is 1. The van der Waals surface area contributed by atoms with E-state index in [-0.39, 0.29) is 5.91 Å². The van der Waals surface area contributed by atoms with Gasteiger partial charge < -0.3 is 9.47 Å². The number of aromatic nitrogens is 2. The van der Waals surface area contributed by atoms with Gasteiger partial charge >= 0.3 is 0 Å². The van der Waals surface area contributed by atoms with E-state index in [1.54, 1.807) is 48.7 Å². The molecule has 4 rings (SSSR count). The van der Waals surface area contributed by atoms with Gasteiger partial charge in [0, 0.05) is 18.0 Å². The van der Waals surface area contributed by atoms with Crippen LogP contribution < -0.4 is 14.4 Å². The number of fused-ring (bicyclic) bond motifs is 1. The van der Waals surface area contributed by atoms with Gasteiger partial charge in [-0.3, -0.25) is 14.7 Å². The molecule has 0 fully saturated rings. The molecule has 6 nitrogen and oxygen atoms in total. The molecule has 8 heteroatoms. The van der Waals surface area contributed by atoms with Gasteiger partial charge in [-0.05, 0) is 48.4 Å². The van der Waals surface area contributed by atoms with Gasteiger partial charge in [0.1, 0.15) is 17.0 Å². The molecule has 0 radical (unpaired) electrons. The number of hydrogen-bond acceptors (Lipinski definition) is 6. The molecule has 0 aliphatic carbocycles. The first kappa shape index (κ1) is 24.0. The monoisotopic (exact) mass is 495 g/mol. The maximum absolute atomic E-state index is 13.7. The van der Waals surface area contributed by atoms with Crippen LogP contribution in [0.4, 0.5) is 5.13 Å².